The second-order valence-corrected chi connectivity index (χ2v) is 5.15. The van der Waals surface area contributed by atoms with Crippen LogP contribution in [0.2, 0.25) is 0 Å². The summed E-state index contributed by atoms with van der Waals surface area (Å²) in [6.45, 7) is 4.17. The summed E-state index contributed by atoms with van der Waals surface area (Å²) in [6, 6.07) is 7.51. The van der Waals surface area contributed by atoms with E-state index >= 15 is 0 Å². The predicted molar refractivity (Wildman–Crippen MR) is 84.8 cm³/mol. The maximum Gasteiger partial charge on any atom is 0.239 e. The summed E-state index contributed by atoms with van der Waals surface area (Å²) < 4.78 is 1.83. The van der Waals surface area contributed by atoms with Crippen molar-refractivity contribution in [1.82, 2.24) is 29.9 Å². The number of rotatable bonds is 5. The molecule has 0 unspecified atom stereocenters. The zero-order chi connectivity index (χ0) is 16.2. The van der Waals surface area contributed by atoms with Gasteiger partial charge in [-0.05, 0) is 32.0 Å². The van der Waals surface area contributed by atoms with Crippen LogP contribution in [-0.4, -0.2) is 37.0 Å². The highest BCUT2D eigenvalue weighted by molar-refractivity contribution is 5.80. The van der Waals surface area contributed by atoms with Crippen LogP contribution in [0.25, 0.3) is 5.65 Å². The normalized spacial score (nSPS) is 10.7. The molecule has 8 nitrogen and oxygen atoms in total. The number of anilines is 1. The zero-order valence-corrected chi connectivity index (χ0v) is 12.9. The number of amides is 1. The predicted octanol–water partition coefficient (Wildman–Crippen LogP) is 0.864. The minimum absolute atomic E-state index is 0.0969. The molecule has 3 heterocycles. The van der Waals surface area contributed by atoms with E-state index in [-0.39, 0.29) is 12.5 Å². The van der Waals surface area contributed by atoms with Gasteiger partial charge < -0.3 is 10.6 Å². The molecule has 0 atom stereocenters. The minimum atomic E-state index is -0.166. The van der Waals surface area contributed by atoms with Gasteiger partial charge in [-0.3, -0.25) is 9.20 Å². The lowest BCUT2D eigenvalue weighted by Crippen LogP contribution is -2.30. The van der Waals surface area contributed by atoms with Gasteiger partial charge in [-0.15, -0.1) is 10.2 Å². The summed E-state index contributed by atoms with van der Waals surface area (Å²) in [4.78, 5) is 20.4. The van der Waals surface area contributed by atoms with E-state index < -0.39 is 0 Å². The Balaban J connectivity index is 1.55. The Morgan fingerprint density at radius 2 is 1.96 bits per heavy atom. The van der Waals surface area contributed by atoms with Crippen molar-refractivity contribution in [2.45, 2.75) is 20.4 Å². The first-order valence-electron chi connectivity index (χ1n) is 7.23. The molecule has 8 heteroatoms. The van der Waals surface area contributed by atoms with Crippen LogP contribution in [-0.2, 0) is 11.3 Å². The van der Waals surface area contributed by atoms with Crippen LogP contribution < -0.4 is 10.6 Å². The van der Waals surface area contributed by atoms with Crippen LogP contribution in [0.4, 0.5) is 5.95 Å². The average molecular weight is 311 g/mol. The third-order valence-corrected chi connectivity index (χ3v) is 3.22. The molecule has 118 valence electrons. The molecule has 3 aromatic heterocycles. The highest BCUT2D eigenvalue weighted by Crippen LogP contribution is 2.04. The van der Waals surface area contributed by atoms with Crippen LogP contribution in [0.1, 0.15) is 17.2 Å². The van der Waals surface area contributed by atoms with Gasteiger partial charge in [0.1, 0.15) is 0 Å². The molecular weight excluding hydrogens is 294 g/mol. The second kappa shape index (κ2) is 6.39. The van der Waals surface area contributed by atoms with Gasteiger partial charge in [0.25, 0.3) is 0 Å². The molecule has 0 saturated carbocycles. The third-order valence-electron chi connectivity index (χ3n) is 3.22. The molecule has 0 fully saturated rings. The van der Waals surface area contributed by atoms with Gasteiger partial charge in [-0.2, -0.15) is 0 Å². The van der Waals surface area contributed by atoms with E-state index in [1.165, 1.54) is 0 Å². The Morgan fingerprint density at radius 1 is 1.17 bits per heavy atom. The quantitative estimate of drug-likeness (QED) is 0.725. The van der Waals surface area contributed by atoms with Crippen LogP contribution in [0, 0.1) is 13.8 Å². The molecule has 0 aliphatic carbocycles. The van der Waals surface area contributed by atoms with Gasteiger partial charge in [-0.25, -0.2) is 9.97 Å². The fraction of sp³-hybridized carbons (Fsp3) is 0.267. The number of carbonyl (C=O) groups is 1. The minimum Gasteiger partial charge on any atom is -0.347 e. The number of aryl methyl sites for hydroxylation is 2. The number of aromatic nitrogens is 5. The lowest BCUT2D eigenvalue weighted by molar-refractivity contribution is -0.119. The molecule has 0 bridgehead atoms. The highest BCUT2D eigenvalue weighted by atomic mass is 16.1. The molecule has 0 aliphatic rings. The van der Waals surface area contributed by atoms with E-state index in [0.29, 0.717) is 18.3 Å². The molecule has 2 N–H and O–H groups in total. The molecule has 3 rings (SSSR count). The lowest BCUT2D eigenvalue weighted by atomic mass is 10.4. The molecule has 3 aromatic rings. The Kier molecular flexibility index (Phi) is 4.13. The van der Waals surface area contributed by atoms with Crippen LogP contribution in [0.5, 0.6) is 0 Å². The van der Waals surface area contributed by atoms with E-state index in [1.54, 1.807) is 0 Å². The van der Waals surface area contributed by atoms with Gasteiger partial charge in [-0.1, -0.05) is 6.07 Å². The van der Waals surface area contributed by atoms with Crippen molar-refractivity contribution < 1.29 is 4.79 Å². The third kappa shape index (κ3) is 3.60. The van der Waals surface area contributed by atoms with Crippen molar-refractivity contribution in [3.63, 3.8) is 0 Å². The fourth-order valence-corrected chi connectivity index (χ4v) is 2.22. The smallest absolute Gasteiger partial charge is 0.239 e. The van der Waals surface area contributed by atoms with Gasteiger partial charge in [0, 0.05) is 17.6 Å². The average Bonchev–Trinajstić information content (AvgIpc) is 2.93. The highest BCUT2D eigenvalue weighted by Gasteiger charge is 2.07. The number of fused-ring (bicyclic) bond motifs is 1. The van der Waals surface area contributed by atoms with Gasteiger partial charge in [0.05, 0.1) is 13.1 Å². The van der Waals surface area contributed by atoms with Crippen molar-refractivity contribution >= 4 is 17.5 Å². The Bertz CT molecular complexity index is 822. The molecule has 0 radical (unpaired) electrons. The van der Waals surface area contributed by atoms with Crippen molar-refractivity contribution in [3.05, 3.63) is 47.7 Å². The van der Waals surface area contributed by atoms with Crippen molar-refractivity contribution in [2.75, 3.05) is 11.9 Å². The summed E-state index contributed by atoms with van der Waals surface area (Å²) in [5.74, 6) is 0.961. The van der Waals surface area contributed by atoms with E-state index in [9.17, 15) is 4.79 Å². The second-order valence-electron chi connectivity index (χ2n) is 5.15. The first-order valence-corrected chi connectivity index (χ1v) is 7.23. The van der Waals surface area contributed by atoms with Gasteiger partial charge >= 0.3 is 0 Å². The maximum absolute atomic E-state index is 11.9. The first kappa shape index (κ1) is 14.9. The van der Waals surface area contributed by atoms with Gasteiger partial charge in [0.2, 0.25) is 11.9 Å². The van der Waals surface area contributed by atoms with E-state index in [4.69, 9.17) is 0 Å². The van der Waals surface area contributed by atoms with Crippen molar-refractivity contribution in [2.24, 2.45) is 0 Å². The monoisotopic (exact) mass is 311 g/mol. The summed E-state index contributed by atoms with van der Waals surface area (Å²) >= 11 is 0. The summed E-state index contributed by atoms with van der Waals surface area (Å²) in [6.07, 6.45) is 1.86. The largest absolute Gasteiger partial charge is 0.347 e. The number of pyridine rings is 1. The number of nitrogens with zero attached hydrogens (tertiary/aromatic N) is 5. The molecular formula is C15H17N7O. The number of hydrogen-bond acceptors (Lipinski definition) is 6. The number of carbonyl (C=O) groups excluding carboxylic acids is 1. The van der Waals surface area contributed by atoms with E-state index in [1.807, 2.05) is 48.7 Å². The van der Waals surface area contributed by atoms with Crippen LogP contribution in [0.3, 0.4) is 0 Å². The molecule has 0 spiro atoms. The zero-order valence-electron chi connectivity index (χ0n) is 12.9. The fourth-order valence-electron chi connectivity index (χ4n) is 2.22. The molecule has 0 saturated heterocycles. The lowest BCUT2D eigenvalue weighted by Gasteiger charge is -2.07. The van der Waals surface area contributed by atoms with E-state index in [2.05, 4.69) is 30.8 Å². The molecule has 23 heavy (non-hydrogen) atoms. The molecule has 0 aromatic carbocycles. The maximum atomic E-state index is 11.9. The SMILES string of the molecule is Cc1cc(C)nc(NCC(=O)NCc2nnc3ccccn23)n1. The number of hydrogen-bond donors (Lipinski definition) is 2. The summed E-state index contributed by atoms with van der Waals surface area (Å²) in [5, 5.41) is 13.8. The molecule has 1 amide bonds. The van der Waals surface area contributed by atoms with Crippen LogP contribution >= 0.6 is 0 Å². The number of nitrogens with one attached hydrogen (secondary N) is 2. The first-order chi connectivity index (χ1) is 11.1. The Hall–Kier alpha value is -3.03. The van der Waals surface area contributed by atoms with Crippen molar-refractivity contribution in [1.29, 1.82) is 0 Å². The summed E-state index contributed by atoms with van der Waals surface area (Å²) in [5.41, 5.74) is 2.46. The topological polar surface area (TPSA) is 97.1 Å². The van der Waals surface area contributed by atoms with Crippen molar-refractivity contribution in [3.8, 4) is 0 Å². The Morgan fingerprint density at radius 3 is 2.74 bits per heavy atom. The molecule has 0 aliphatic heterocycles. The van der Waals surface area contributed by atoms with Gasteiger partial charge in [0.15, 0.2) is 11.5 Å². The van der Waals surface area contributed by atoms with Crippen LogP contribution in [0.15, 0.2) is 30.5 Å². The summed E-state index contributed by atoms with van der Waals surface area (Å²) in [7, 11) is 0. The Labute approximate surface area is 133 Å². The standard InChI is InChI=1S/C15H17N7O/c1-10-7-11(2)19-15(18-10)17-9-14(23)16-8-13-21-20-12-5-3-4-6-22(12)13/h3-7H,8-9H2,1-2H3,(H,16,23)(H,17,18,19). The van der Waals surface area contributed by atoms with E-state index in [0.717, 1.165) is 17.0 Å².